The Kier molecular flexibility index (Phi) is 3.72. The van der Waals surface area contributed by atoms with Gasteiger partial charge in [0.1, 0.15) is 5.84 Å². The zero-order valence-corrected chi connectivity index (χ0v) is 8.93. The average Bonchev–Trinajstić information content (AvgIpc) is 2.53. The van der Waals surface area contributed by atoms with Crippen molar-refractivity contribution >= 4 is 22.7 Å². The second-order valence-electron chi connectivity index (χ2n) is 3.50. The molecule has 0 saturated heterocycles. The molecule has 0 aromatic rings. The van der Waals surface area contributed by atoms with Crippen LogP contribution in [0.3, 0.4) is 0 Å². The predicted octanol–water partition coefficient (Wildman–Crippen LogP) is 2.45. The number of aliphatic imine (C=N–C) groups is 1. The molecule has 1 rings (SSSR count). The van der Waals surface area contributed by atoms with Gasteiger partial charge in [0.2, 0.25) is 5.29 Å². The normalized spacial score (nSPS) is 19.2. The number of nitrogens with one attached hydrogen (secondary N) is 1. The SMILES string of the molecule is CC(=NC(=N)Cl)N(C)C1CCCC1. The molecule has 1 saturated carbocycles. The van der Waals surface area contributed by atoms with Crippen molar-refractivity contribution < 1.29 is 0 Å². The largest absolute Gasteiger partial charge is 0.360 e. The van der Waals surface area contributed by atoms with Crippen molar-refractivity contribution in [2.24, 2.45) is 4.99 Å². The molecule has 0 atom stereocenters. The molecule has 0 aromatic heterocycles. The molecule has 1 N–H and O–H groups in total. The highest BCUT2D eigenvalue weighted by Gasteiger charge is 2.20. The molecule has 1 fully saturated rings. The summed E-state index contributed by atoms with van der Waals surface area (Å²) < 4.78 is 0. The van der Waals surface area contributed by atoms with E-state index in [2.05, 4.69) is 9.89 Å². The van der Waals surface area contributed by atoms with Crippen molar-refractivity contribution in [2.45, 2.75) is 38.6 Å². The van der Waals surface area contributed by atoms with Gasteiger partial charge >= 0.3 is 0 Å². The molecule has 0 radical (unpaired) electrons. The van der Waals surface area contributed by atoms with Crippen LogP contribution in [0.5, 0.6) is 0 Å². The van der Waals surface area contributed by atoms with Crippen molar-refractivity contribution in [3.8, 4) is 0 Å². The molecular formula is C9H16ClN3. The van der Waals surface area contributed by atoms with Crippen LogP contribution in [-0.2, 0) is 0 Å². The van der Waals surface area contributed by atoms with Gasteiger partial charge in [-0.1, -0.05) is 12.8 Å². The highest BCUT2D eigenvalue weighted by Crippen LogP contribution is 2.22. The minimum absolute atomic E-state index is 0.137. The predicted molar refractivity (Wildman–Crippen MR) is 56.7 cm³/mol. The first-order chi connectivity index (χ1) is 6.11. The molecule has 0 unspecified atom stereocenters. The lowest BCUT2D eigenvalue weighted by molar-refractivity contribution is 0.370. The van der Waals surface area contributed by atoms with Crippen LogP contribution in [0.15, 0.2) is 4.99 Å². The van der Waals surface area contributed by atoms with Gasteiger partial charge in [0.15, 0.2) is 0 Å². The number of nitrogens with zero attached hydrogens (tertiary/aromatic N) is 2. The molecule has 0 heterocycles. The molecular weight excluding hydrogens is 186 g/mol. The summed E-state index contributed by atoms with van der Waals surface area (Å²) in [6.45, 7) is 1.90. The summed E-state index contributed by atoms with van der Waals surface area (Å²) in [5.41, 5.74) is 0. The molecule has 1 aliphatic carbocycles. The summed E-state index contributed by atoms with van der Waals surface area (Å²) in [6, 6.07) is 0.597. The maximum absolute atomic E-state index is 7.04. The number of amidine groups is 2. The third kappa shape index (κ3) is 2.99. The van der Waals surface area contributed by atoms with Gasteiger partial charge in [0.05, 0.1) is 0 Å². The van der Waals surface area contributed by atoms with E-state index in [0.29, 0.717) is 6.04 Å². The zero-order valence-electron chi connectivity index (χ0n) is 8.18. The lowest BCUT2D eigenvalue weighted by Gasteiger charge is -2.25. The van der Waals surface area contributed by atoms with Gasteiger partial charge < -0.3 is 4.90 Å². The van der Waals surface area contributed by atoms with Crippen LogP contribution in [-0.4, -0.2) is 29.1 Å². The second-order valence-corrected chi connectivity index (χ2v) is 3.86. The molecule has 0 aliphatic heterocycles. The second kappa shape index (κ2) is 4.61. The number of hydrogen-bond acceptors (Lipinski definition) is 1. The van der Waals surface area contributed by atoms with Gasteiger partial charge in [-0.3, -0.25) is 5.41 Å². The van der Waals surface area contributed by atoms with Gasteiger partial charge in [0, 0.05) is 13.1 Å². The van der Waals surface area contributed by atoms with Crippen molar-refractivity contribution in [1.82, 2.24) is 4.90 Å². The standard InChI is InChI=1S/C9H16ClN3/c1-7(12-9(10)11)13(2)8-5-3-4-6-8/h8,11H,3-6H2,1-2H3. The summed E-state index contributed by atoms with van der Waals surface area (Å²) >= 11 is 5.39. The van der Waals surface area contributed by atoms with E-state index in [4.69, 9.17) is 17.0 Å². The highest BCUT2D eigenvalue weighted by atomic mass is 35.5. The fourth-order valence-corrected chi connectivity index (χ4v) is 1.90. The van der Waals surface area contributed by atoms with E-state index in [1.807, 2.05) is 14.0 Å². The fourth-order valence-electron chi connectivity index (χ4n) is 1.78. The van der Waals surface area contributed by atoms with Gasteiger partial charge in [-0.25, -0.2) is 4.99 Å². The summed E-state index contributed by atoms with van der Waals surface area (Å²) in [6.07, 6.45) is 5.08. The molecule has 74 valence electrons. The molecule has 0 aromatic carbocycles. The van der Waals surface area contributed by atoms with Gasteiger partial charge in [-0.2, -0.15) is 0 Å². The van der Waals surface area contributed by atoms with E-state index in [1.54, 1.807) is 0 Å². The zero-order chi connectivity index (χ0) is 9.84. The van der Waals surface area contributed by atoms with Crippen LogP contribution in [0.4, 0.5) is 0 Å². The monoisotopic (exact) mass is 201 g/mol. The summed E-state index contributed by atoms with van der Waals surface area (Å²) in [5, 5.41) is 6.90. The molecule has 13 heavy (non-hydrogen) atoms. The molecule has 0 spiro atoms. The summed E-state index contributed by atoms with van der Waals surface area (Å²) in [7, 11) is 2.02. The van der Waals surface area contributed by atoms with Crippen molar-refractivity contribution in [2.75, 3.05) is 7.05 Å². The van der Waals surface area contributed by atoms with E-state index in [-0.39, 0.29) is 5.29 Å². The smallest absolute Gasteiger partial charge is 0.216 e. The van der Waals surface area contributed by atoms with Gasteiger partial charge in [-0.05, 0) is 31.4 Å². The third-order valence-corrected chi connectivity index (χ3v) is 2.73. The van der Waals surface area contributed by atoms with E-state index in [1.165, 1.54) is 25.7 Å². The van der Waals surface area contributed by atoms with Crippen LogP contribution < -0.4 is 0 Å². The quantitative estimate of drug-likeness (QED) is 0.395. The molecule has 0 bridgehead atoms. The van der Waals surface area contributed by atoms with Crippen LogP contribution in [0, 0.1) is 5.41 Å². The molecule has 1 aliphatic rings. The highest BCUT2D eigenvalue weighted by molar-refractivity contribution is 6.64. The summed E-state index contributed by atoms with van der Waals surface area (Å²) in [5.74, 6) is 0.840. The first-order valence-corrected chi connectivity index (χ1v) is 5.01. The fraction of sp³-hybridized carbons (Fsp3) is 0.778. The Bertz CT molecular complexity index is 219. The topological polar surface area (TPSA) is 39.5 Å². The van der Waals surface area contributed by atoms with Crippen LogP contribution in [0.25, 0.3) is 0 Å². The third-order valence-electron chi connectivity index (χ3n) is 2.64. The van der Waals surface area contributed by atoms with Crippen molar-refractivity contribution in [1.29, 1.82) is 5.41 Å². The van der Waals surface area contributed by atoms with Crippen LogP contribution >= 0.6 is 11.6 Å². The maximum Gasteiger partial charge on any atom is 0.216 e. The first-order valence-electron chi connectivity index (χ1n) is 4.63. The Morgan fingerprint density at radius 2 is 2.00 bits per heavy atom. The van der Waals surface area contributed by atoms with Gasteiger partial charge in [0.25, 0.3) is 0 Å². The molecule has 3 nitrogen and oxygen atoms in total. The van der Waals surface area contributed by atoms with Crippen LogP contribution in [0.2, 0.25) is 0 Å². The summed E-state index contributed by atoms with van der Waals surface area (Å²) in [4.78, 5) is 6.04. The maximum atomic E-state index is 7.04. The lowest BCUT2D eigenvalue weighted by Crippen LogP contribution is -2.33. The van der Waals surface area contributed by atoms with Gasteiger partial charge in [-0.15, -0.1) is 0 Å². The Morgan fingerprint density at radius 3 is 2.46 bits per heavy atom. The minimum atomic E-state index is -0.137. The van der Waals surface area contributed by atoms with E-state index in [9.17, 15) is 0 Å². The number of hydrogen-bond donors (Lipinski definition) is 1. The van der Waals surface area contributed by atoms with E-state index < -0.39 is 0 Å². The first kappa shape index (κ1) is 10.5. The Hall–Kier alpha value is -0.570. The minimum Gasteiger partial charge on any atom is -0.360 e. The van der Waals surface area contributed by atoms with Crippen LogP contribution in [0.1, 0.15) is 32.6 Å². The Labute approximate surface area is 84.3 Å². The molecule has 0 amide bonds. The average molecular weight is 202 g/mol. The number of halogens is 1. The van der Waals surface area contributed by atoms with E-state index >= 15 is 0 Å². The Morgan fingerprint density at radius 1 is 1.46 bits per heavy atom. The van der Waals surface area contributed by atoms with E-state index in [0.717, 1.165) is 5.84 Å². The Balaban J connectivity index is 2.54. The van der Waals surface area contributed by atoms with Crippen molar-refractivity contribution in [3.63, 3.8) is 0 Å². The molecule has 4 heteroatoms. The number of rotatable bonds is 1. The lowest BCUT2D eigenvalue weighted by atomic mass is 10.2. The van der Waals surface area contributed by atoms with Crippen molar-refractivity contribution in [3.05, 3.63) is 0 Å².